The molecule has 0 unspecified atom stereocenters. The molecule has 0 N–H and O–H groups in total. The van der Waals surface area contributed by atoms with Gasteiger partial charge < -0.3 is 4.74 Å². The van der Waals surface area contributed by atoms with Gasteiger partial charge in [-0.15, -0.1) is 0 Å². The summed E-state index contributed by atoms with van der Waals surface area (Å²) in [5.74, 6) is -1.40. The van der Waals surface area contributed by atoms with Crippen molar-refractivity contribution in [1.29, 1.82) is 0 Å². The average molecular weight is 348 g/mol. The second-order valence-electron chi connectivity index (χ2n) is 5.81. The maximum Gasteiger partial charge on any atom is 0.363 e. The molecule has 1 aliphatic heterocycles. The highest BCUT2D eigenvalue weighted by Gasteiger charge is 2.26. The summed E-state index contributed by atoms with van der Waals surface area (Å²) in [6.45, 7) is 1.46. The van der Waals surface area contributed by atoms with Gasteiger partial charge in [-0.25, -0.2) is 14.2 Å². The molecule has 2 aromatic carbocycles. The second-order valence-corrected chi connectivity index (χ2v) is 5.81. The number of rotatable bonds is 2. The molecule has 4 rings (SSSR count). The van der Waals surface area contributed by atoms with Crippen molar-refractivity contribution in [3.05, 3.63) is 77.4 Å². The average Bonchev–Trinajstić information content (AvgIpc) is 3.17. The van der Waals surface area contributed by atoms with Crippen LogP contribution in [0.4, 0.5) is 4.39 Å². The van der Waals surface area contributed by atoms with E-state index in [0.717, 1.165) is 10.9 Å². The number of para-hydroxylation sites is 1. The van der Waals surface area contributed by atoms with Gasteiger partial charge in [-0.2, -0.15) is 0 Å². The van der Waals surface area contributed by atoms with Crippen LogP contribution < -0.4 is 0 Å². The first-order chi connectivity index (χ1) is 12.5. The summed E-state index contributed by atoms with van der Waals surface area (Å²) in [6, 6.07) is 13.3. The Morgan fingerprint density at radius 2 is 1.88 bits per heavy atom. The molecule has 0 bridgehead atoms. The number of benzene rings is 2. The van der Waals surface area contributed by atoms with Crippen LogP contribution in [0.15, 0.2) is 65.4 Å². The molecule has 0 amide bonds. The predicted molar refractivity (Wildman–Crippen MR) is 95.2 cm³/mol. The fourth-order valence-electron chi connectivity index (χ4n) is 2.89. The molecule has 1 aromatic heterocycles. The smallest absolute Gasteiger partial charge is 0.363 e. The Morgan fingerprint density at radius 1 is 1.15 bits per heavy atom. The van der Waals surface area contributed by atoms with Crippen LogP contribution in [0.1, 0.15) is 22.8 Å². The van der Waals surface area contributed by atoms with Crippen LogP contribution in [0.25, 0.3) is 17.0 Å². The molecular formula is C20H13FN2O3. The highest BCUT2D eigenvalue weighted by Crippen LogP contribution is 2.26. The molecule has 128 valence electrons. The first-order valence-corrected chi connectivity index (χ1v) is 7.93. The number of halogens is 1. The lowest BCUT2D eigenvalue weighted by atomic mass is 10.1. The minimum atomic E-state index is -0.664. The first kappa shape index (κ1) is 16.0. The SMILES string of the molecule is CC(=O)n1cc(/C=C2/N=C(c3ccccc3F)OC2=O)c2ccccc21. The third-order valence-electron chi connectivity index (χ3n) is 4.10. The lowest BCUT2D eigenvalue weighted by Gasteiger charge is -1.99. The maximum atomic E-state index is 13.9. The lowest BCUT2D eigenvalue weighted by molar-refractivity contribution is -0.129. The Hall–Kier alpha value is -3.54. The lowest BCUT2D eigenvalue weighted by Crippen LogP contribution is -2.07. The quantitative estimate of drug-likeness (QED) is 0.523. The minimum absolute atomic E-state index is 0.0507. The fraction of sp³-hybridized carbons (Fsp3) is 0.0500. The molecule has 0 spiro atoms. The summed E-state index contributed by atoms with van der Waals surface area (Å²) >= 11 is 0. The van der Waals surface area contributed by atoms with Gasteiger partial charge in [0.15, 0.2) is 5.70 Å². The highest BCUT2D eigenvalue weighted by atomic mass is 19.1. The molecule has 1 aliphatic rings. The summed E-state index contributed by atoms with van der Waals surface area (Å²) < 4.78 is 20.5. The molecule has 2 heterocycles. The summed E-state index contributed by atoms with van der Waals surface area (Å²) in [5, 5.41) is 0.803. The number of hydrogen-bond donors (Lipinski definition) is 0. The van der Waals surface area contributed by atoms with Crippen molar-refractivity contribution < 1.29 is 18.7 Å². The number of fused-ring (bicyclic) bond motifs is 1. The molecule has 0 fully saturated rings. The molecule has 0 atom stereocenters. The second kappa shape index (κ2) is 6.07. The number of carbonyl (C=O) groups excluding carboxylic acids is 2. The standard InChI is InChI=1S/C20H13FN2O3/c1-12(24)23-11-13(14-6-3-5-9-18(14)23)10-17-20(25)26-19(22-17)15-7-2-4-8-16(15)21/h2-11H,1H3/b17-10+. The molecule has 5 nitrogen and oxygen atoms in total. The van der Waals surface area contributed by atoms with E-state index in [0.29, 0.717) is 5.56 Å². The number of hydrogen-bond acceptors (Lipinski definition) is 4. The van der Waals surface area contributed by atoms with E-state index in [4.69, 9.17) is 4.74 Å². The molecule has 6 heteroatoms. The van der Waals surface area contributed by atoms with E-state index in [1.54, 1.807) is 18.3 Å². The van der Waals surface area contributed by atoms with Crippen LogP contribution in [0, 0.1) is 5.82 Å². The number of carbonyl (C=O) groups is 2. The monoisotopic (exact) mass is 348 g/mol. The van der Waals surface area contributed by atoms with E-state index >= 15 is 0 Å². The fourth-order valence-corrected chi connectivity index (χ4v) is 2.89. The zero-order chi connectivity index (χ0) is 18.3. The molecule has 26 heavy (non-hydrogen) atoms. The van der Waals surface area contributed by atoms with Gasteiger partial charge in [-0.05, 0) is 24.3 Å². The van der Waals surface area contributed by atoms with Crippen molar-refractivity contribution in [3.63, 3.8) is 0 Å². The van der Waals surface area contributed by atoms with Crippen molar-refractivity contribution in [2.75, 3.05) is 0 Å². The van der Waals surface area contributed by atoms with Crippen molar-refractivity contribution >= 4 is 34.8 Å². The normalized spacial score (nSPS) is 15.4. The van der Waals surface area contributed by atoms with E-state index in [-0.39, 0.29) is 23.1 Å². The third kappa shape index (κ3) is 2.61. The number of ether oxygens (including phenoxy) is 1. The Morgan fingerprint density at radius 3 is 2.65 bits per heavy atom. The summed E-state index contributed by atoms with van der Waals surface area (Å²) in [5.41, 5.74) is 1.56. The largest absolute Gasteiger partial charge is 0.402 e. The minimum Gasteiger partial charge on any atom is -0.402 e. The van der Waals surface area contributed by atoms with Crippen LogP contribution >= 0.6 is 0 Å². The molecule has 0 aliphatic carbocycles. The molecule has 3 aromatic rings. The number of aromatic nitrogens is 1. The summed E-state index contributed by atoms with van der Waals surface area (Å²) in [4.78, 5) is 28.1. The van der Waals surface area contributed by atoms with Crippen LogP contribution in [-0.4, -0.2) is 22.3 Å². The van der Waals surface area contributed by atoms with E-state index in [1.165, 1.54) is 29.7 Å². The molecule has 0 saturated heterocycles. The topological polar surface area (TPSA) is 60.7 Å². The Balaban J connectivity index is 1.82. The summed E-state index contributed by atoms with van der Waals surface area (Å²) in [7, 11) is 0. The van der Waals surface area contributed by atoms with Gasteiger partial charge in [0.2, 0.25) is 11.8 Å². The van der Waals surface area contributed by atoms with Gasteiger partial charge in [0, 0.05) is 24.1 Å². The van der Waals surface area contributed by atoms with Crippen molar-refractivity contribution in [1.82, 2.24) is 4.57 Å². The molecule has 0 saturated carbocycles. The molecule has 0 radical (unpaired) electrons. The highest BCUT2D eigenvalue weighted by molar-refractivity contribution is 6.13. The van der Waals surface area contributed by atoms with Gasteiger partial charge in [0.05, 0.1) is 11.1 Å². The Bertz CT molecular complexity index is 1130. The number of esters is 1. The maximum absolute atomic E-state index is 13.9. The van der Waals surface area contributed by atoms with Crippen molar-refractivity contribution in [2.45, 2.75) is 6.92 Å². The number of cyclic esters (lactones) is 1. The van der Waals surface area contributed by atoms with Crippen LogP contribution in [0.3, 0.4) is 0 Å². The van der Waals surface area contributed by atoms with E-state index in [2.05, 4.69) is 4.99 Å². The van der Waals surface area contributed by atoms with Crippen LogP contribution in [-0.2, 0) is 9.53 Å². The van der Waals surface area contributed by atoms with Crippen LogP contribution in [0.2, 0.25) is 0 Å². The number of aliphatic imine (C=N–C) groups is 1. The van der Waals surface area contributed by atoms with Crippen LogP contribution in [0.5, 0.6) is 0 Å². The Kier molecular flexibility index (Phi) is 3.73. The first-order valence-electron chi connectivity index (χ1n) is 7.93. The third-order valence-corrected chi connectivity index (χ3v) is 4.10. The van der Waals surface area contributed by atoms with Crippen molar-refractivity contribution in [2.24, 2.45) is 4.99 Å². The van der Waals surface area contributed by atoms with E-state index in [9.17, 15) is 14.0 Å². The zero-order valence-electron chi connectivity index (χ0n) is 13.8. The van der Waals surface area contributed by atoms with Gasteiger partial charge in [0.1, 0.15) is 5.82 Å². The van der Waals surface area contributed by atoms with E-state index < -0.39 is 11.8 Å². The molecular weight excluding hydrogens is 335 g/mol. The van der Waals surface area contributed by atoms with Gasteiger partial charge in [-0.3, -0.25) is 9.36 Å². The van der Waals surface area contributed by atoms with E-state index in [1.807, 2.05) is 24.3 Å². The zero-order valence-corrected chi connectivity index (χ0v) is 13.8. The summed E-state index contributed by atoms with van der Waals surface area (Å²) in [6.07, 6.45) is 3.18. The predicted octanol–water partition coefficient (Wildman–Crippen LogP) is 3.79. The van der Waals surface area contributed by atoms with Crippen molar-refractivity contribution in [3.8, 4) is 0 Å². The van der Waals surface area contributed by atoms with Gasteiger partial charge in [-0.1, -0.05) is 30.3 Å². The van der Waals surface area contributed by atoms with Gasteiger partial charge in [0.25, 0.3) is 0 Å². The van der Waals surface area contributed by atoms with Gasteiger partial charge >= 0.3 is 5.97 Å². The number of nitrogens with zero attached hydrogens (tertiary/aromatic N) is 2. The Labute approximate surface area is 148 Å².